The van der Waals surface area contributed by atoms with Gasteiger partial charge < -0.3 is 5.73 Å². The molecule has 0 fully saturated rings. The Bertz CT molecular complexity index is 548. The van der Waals surface area contributed by atoms with Gasteiger partial charge in [0.25, 0.3) is 0 Å². The van der Waals surface area contributed by atoms with Crippen molar-refractivity contribution in [1.29, 1.82) is 0 Å². The monoisotopic (exact) mass is 278 g/mol. The summed E-state index contributed by atoms with van der Waals surface area (Å²) in [6.45, 7) is 15.2. The Hall–Kier alpha value is -1.09. The Labute approximate surface area is 121 Å². The van der Waals surface area contributed by atoms with E-state index in [1.807, 2.05) is 13.8 Å². The van der Waals surface area contributed by atoms with E-state index in [0.717, 1.165) is 5.52 Å². The lowest BCUT2D eigenvalue weighted by Gasteiger charge is -2.24. The van der Waals surface area contributed by atoms with Gasteiger partial charge in [0.15, 0.2) is 5.13 Å². The first-order valence-electron chi connectivity index (χ1n) is 6.99. The smallest absolute Gasteiger partial charge is 0.181 e. The molecule has 0 aliphatic rings. The van der Waals surface area contributed by atoms with Gasteiger partial charge in [0.2, 0.25) is 0 Å². The molecular weight excluding hydrogens is 252 g/mol. The summed E-state index contributed by atoms with van der Waals surface area (Å²) in [6, 6.07) is 4.46. The number of rotatable bonds is 1. The maximum absolute atomic E-state index is 5.78. The summed E-state index contributed by atoms with van der Waals surface area (Å²) in [7, 11) is 0. The second kappa shape index (κ2) is 5.91. The molecule has 0 unspecified atom stereocenters. The topological polar surface area (TPSA) is 38.9 Å². The molecule has 0 saturated heterocycles. The zero-order chi connectivity index (χ0) is 14.8. The van der Waals surface area contributed by atoms with Crippen LogP contribution in [0.25, 0.3) is 10.2 Å². The fourth-order valence-electron chi connectivity index (χ4n) is 2.13. The van der Waals surface area contributed by atoms with Crippen LogP contribution in [0.5, 0.6) is 0 Å². The van der Waals surface area contributed by atoms with Crippen molar-refractivity contribution in [3.8, 4) is 0 Å². The zero-order valence-corrected chi connectivity index (χ0v) is 14.0. The lowest BCUT2D eigenvalue weighted by atomic mass is 9.80. The van der Waals surface area contributed by atoms with Crippen LogP contribution in [-0.2, 0) is 5.41 Å². The lowest BCUT2D eigenvalue weighted by Crippen LogP contribution is -2.14. The molecule has 2 nitrogen and oxygen atoms in total. The molecule has 1 heterocycles. The molecule has 2 rings (SSSR count). The Morgan fingerprint density at radius 2 is 1.74 bits per heavy atom. The van der Waals surface area contributed by atoms with Gasteiger partial charge in [-0.2, -0.15) is 0 Å². The van der Waals surface area contributed by atoms with Crippen LogP contribution in [-0.4, -0.2) is 4.98 Å². The molecule has 0 saturated carbocycles. The molecule has 19 heavy (non-hydrogen) atoms. The number of nitrogen functional groups attached to an aromatic ring is 1. The normalized spacial score (nSPS) is 11.6. The molecule has 106 valence electrons. The molecule has 0 bridgehead atoms. The predicted molar refractivity (Wildman–Crippen MR) is 88.2 cm³/mol. The van der Waals surface area contributed by atoms with Gasteiger partial charge in [-0.05, 0) is 34.6 Å². The summed E-state index contributed by atoms with van der Waals surface area (Å²) in [6.07, 6.45) is 0. The Morgan fingerprint density at radius 1 is 1.16 bits per heavy atom. The maximum Gasteiger partial charge on any atom is 0.181 e. The van der Waals surface area contributed by atoms with E-state index in [4.69, 9.17) is 5.73 Å². The van der Waals surface area contributed by atoms with E-state index in [0.29, 0.717) is 11.0 Å². The van der Waals surface area contributed by atoms with E-state index in [-0.39, 0.29) is 5.41 Å². The van der Waals surface area contributed by atoms with Crippen molar-refractivity contribution in [2.24, 2.45) is 0 Å². The van der Waals surface area contributed by atoms with Crippen LogP contribution in [0.15, 0.2) is 12.1 Å². The van der Waals surface area contributed by atoms with E-state index in [2.05, 4.69) is 51.7 Å². The van der Waals surface area contributed by atoms with Crippen molar-refractivity contribution in [1.82, 2.24) is 4.98 Å². The number of benzene rings is 1. The summed E-state index contributed by atoms with van der Waals surface area (Å²) < 4.78 is 1.19. The second-order valence-electron chi connectivity index (χ2n) is 5.86. The number of hydrogen-bond donors (Lipinski definition) is 1. The summed E-state index contributed by atoms with van der Waals surface area (Å²) in [4.78, 5) is 4.38. The van der Waals surface area contributed by atoms with Crippen LogP contribution in [0.1, 0.15) is 65.5 Å². The standard InChI is InChI=1S/C14H20N2S.C2H6/c1-8(2)9-6-12-11(16-13(15)17-12)7-10(9)14(3,4)5;1-2/h6-8H,1-5H3,(H2,15,16);1-2H3. The fourth-order valence-corrected chi connectivity index (χ4v) is 2.90. The maximum atomic E-state index is 5.78. The van der Waals surface area contributed by atoms with Gasteiger partial charge in [0, 0.05) is 0 Å². The van der Waals surface area contributed by atoms with Crippen molar-refractivity contribution in [3.05, 3.63) is 23.3 Å². The van der Waals surface area contributed by atoms with E-state index in [9.17, 15) is 0 Å². The quantitative estimate of drug-likeness (QED) is 0.766. The minimum atomic E-state index is 0.145. The second-order valence-corrected chi connectivity index (χ2v) is 6.93. The third-order valence-corrected chi connectivity index (χ3v) is 3.85. The predicted octanol–water partition coefficient (Wildman–Crippen LogP) is 5.33. The summed E-state index contributed by atoms with van der Waals surface area (Å²) in [5.41, 5.74) is 9.75. The number of nitrogens with zero attached hydrogens (tertiary/aromatic N) is 1. The molecule has 2 aromatic rings. The number of thiazole rings is 1. The molecule has 0 aliphatic carbocycles. The summed E-state index contributed by atoms with van der Waals surface area (Å²) >= 11 is 1.57. The first-order valence-corrected chi connectivity index (χ1v) is 7.81. The van der Waals surface area contributed by atoms with E-state index >= 15 is 0 Å². The number of fused-ring (bicyclic) bond motifs is 1. The van der Waals surface area contributed by atoms with E-state index in [1.54, 1.807) is 11.3 Å². The van der Waals surface area contributed by atoms with Gasteiger partial charge in [0.1, 0.15) is 0 Å². The summed E-state index contributed by atoms with van der Waals surface area (Å²) in [5.74, 6) is 0.525. The van der Waals surface area contributed by atoms with Gasteiger partial charge in [-0.25, -0.2) is 4.98 Å². The fraction of sp³-hybridized carbons (Fsp3) is 0.562. The SMILES string of the molecule is CC.CC(C)c1cc2sc(N)nc2cc1C(C)(C)C. The average molecular weight is 278 g/mol. The van der Waals surface area contributed by atoms with Crippen LogP contribution >= 0.6 is 11.3 Å². The highest BCUT2D eigenvalue weighted by Gasteiger charge is 2.21. The van der Waals surface area contributed by atoms with Crippen LogP contribution in [0.2, 0.25) is 0 Å². The first kappa shape index (κ1) is 16.0. The van der Waals surface area contributed by atoms with Crippen LogP contribution in [0.3, 0.4) is 0 Å². The number of anilines is 1. The van der Waals surface area contributed by atoms with Crippen molar-refractivity contribution < 1.29 is 0 Å². The molecule has 1 aromatic heterocycles. The minimum Gasteiger partial charge on any atom is -0.375 e. The van der Waals surface area contributed by atoms with Crippen molar-refractivity contribution in [2.75, 3.05) is 5.73 Å². The largest absolute Gasteiger partial charge is 0.375 e. The Morgan fingerprint density at radius 3 is 2.21 bits per heavy atom. The molecule has 1 aromatic carbocycles. The van der Waals surface area contributed by atoms with Crippen LogP contribution in [0.4, 0.5) is 5.13 Å². The Kier molecular flexibility index (Phi) is 4.97. The third kappa shape index (κ3) is 3.47. The molecule has 0 aliphatic heterocycles. The average Bonchev–Trinajstić information content (AvgIpc) is 2.68. The number of aromatic nitrogens is 1. The first-order chi connectivity index (χ1) is 8.79. The van der Waals surface area contributed by atoms with E-state index in [1.165, 1.54) is 15.8 Å². The molecular formula is C16H26N2S. The van der Waals surface area contributed by atoms with Gasteiger partial charge in [-0.15, -0.1) is 0 Å². The molecule has 0 amide bonds. The van der Waals surface area contributed by atoms with Gasteiger partial charge in [-0.1, -0.05) is 59.8 Å². The third-order valence-electron chi connectivity index (χ3n) is 3.01. The van der Waals surface area contributed by atoms with Crippen LogP contribution in [0, 0.1) is 0 Å². The lowest BCUT2D eigenvalue weighted by molar-refractivity contribution is 0.578. The molecule has 0 atom stereocenters. The van der Waals surface area contributed by atoms with Crippen molar-refractivity contribution in [3.63, 3.8) is 0 Å². The highest BCUT2D eigenvalue weighted by Crippen LogP contribution is 2.36. The summed E-state index contributed by atoms with van der Waals surface area (Å²) in [5, 5.41) is 0.653. The zero-order valence-electron chi connectivity index (χ0n) is 13.2. The number of nitrogens with two attached hydrogens (primary N) is 1. The van der Waals surface area contributed by atoms with Gasteiger partial charge in [-0.3, -0.25) is 0 Å². The molecule has 0 radical (unpaired) electrons. The van der Waals surface area contributed by atoms with Crippen LogP contribution < -0.4 is 5.73 Å². The molecule has 0 spiro atoms. The Balaban J connectivity index is 0.000000861. The molecule has 3 heteroatoms. The van der Waals surface area contributed by atoms with Gasteiger partial charge in [0.05, 0.1) is 10.2 Å². The highest BCUT2D eigenvalue weighted by atomic mass is 32.1. The molecule has 2 N–H and O–H groups in total. The van der Waals surface area contributed by atoms with E-state index < -0.39 is 0 Å². The highest BCUT2D eigenvalue weighted by molar-refractivity contribution is 7.22. The number of hydrogen-bond acceptors (Lipinski definition) is 3. The van der Waals surface area contributed by atoms with Crippen molar-refractivity contribution in [2.45, 2.75) is 59.8 Å². The minimum absolute atomic E-state index is 0.145. The van der Waals surface area contributed by atoms with Gasteiger partial charge >= 0.3 is 0 Å². The van der Waals surface area contributed by atoms with Crippen molar-refractivity contribution >= 4 is 26.7 Å².